The van der Waals surface area contributed by atoms with Gasteiger partial charge in [0, 0.05) is 16.6 Å². The molecule has 0 fully saturated rings. The van der Waals surface area contributed by atoms with Crippen molar-refractivity contribution in [3.05, 3.63) is 235 Å². The van der Waals surface area contributed by atoms with E-state index in [9.17, 15) is 0 Å². The van der Waals surface area contributed by atoms with Crippen molar-refractivity contribution in [1.82, 2.24) is 0 Å². The summed E-state index contributed by atoms with van der Waals surface area (Å²) in [6.45, 7) is 0. The van der Waals surface area contributed by atoms with Crippen molar-refractivity contribution in [2.45, 2.75) is 5.41 Å². The van der Waals surface area contributed by atoms with Gasteiger partial charge in [0.2, 0.25) is 0 Å². The maximum Gasteiger partial charge on any atom is 0.0746 e. The number of hydrogen-bond donors (Lipinski definition) is 0. The van der Waals surface area contributed by atoms with Crippen molar-refractivity contribution in [3.8, 4) is 44.5 Å². The maximum atomic E-state index is 2.51. The molecule has 0 N–H and O–H groups in total. The molecule has 1 spiro atoms. The first-order valence-electron chi connectivity index (χ1n) is 18.8. The molecule has 9 aromatic rings. The molecular weight excluding hydrogens is 651 g/mol. The van der Waals surface area contributed by atoms with E-state index in [1.807, 2.05) is 0 Å². The van der Waals surface area contributed by atoms with E-state index in [0.29, 0.717) is 0 Å². The molecule has 11 rings (SSSR count). The van der Waals surface area contributed by atoms with Gasteiger partial charge < -0.3 is 4.90 Å². The molecule has 0 atom stereocenters. The molecule has 0 radical (unpaired) electrons. The van der Waals surface area contributed by atoms with Crippen LogP contribution in [0, 0.1) is 0 Å². The second-order valence-electron chi connectivity index (χ2n) is 14.4. The molecule has 2 aliphatic rings. The van der Waals surface area contributed by atoms with Crippen LogP contribution in [-0.4, -0.2) is 0 Å². The minimum Gasteiger partial charge on any atom is -0.310 e. The minimum absolute atomic E-state index is 0.473. The Bertz CT molecular complexity index is 2800. The fourth-order valence-electron chi connectivity index (χ4n) is 9.42. The highest BCUT2D eigenvalue weighted by atomic mass is 15.1. The third-order valence-electron chi connectivity index (χ3n) is 11.7. The molecule has 9 aromatic carbocycles. The predicted molar refractivity (Wildman–Crippen MR) is 226 cm³/mol. The van der Waals surface area contributed by atoms with Crippen LogP contribution >= 0.6 is 0 Å². The standard InChI is InChI=1S/C53H35N/c1-2-14-36(15-3-1)37-28-30-38(31-29-37)39-32-34-41(35-33-39)54(50-26-12-17-40-16-4-5-18-42(40)50)51-27-13-22-46-45-21-8-11-25-49(45)53(52(46)51)47-23-9-6-19-43(47)44-20-7-10-24-48(44)53/h1-35H. The number of anilines is 3. The van der Waals surface area contributed by atoms with Gasteiger partial charge in [0.25, 0.3) is 0 Å². The second-order valence-corrected chi connectivity index (χ2v) is 14.4. The molecule has 0 saturated carbocycles. The molecule has 2 aliphatic carbocycles. The van der Waals surface area contributed by atoms with Crippen molar-refractivity contribution >= 4 is 27.8 Å². The van der Waals surface area contributed by atoms with E-state index in [4.69, 9.17) is 0 Å². The number of rotatable bonds is 5. The van der Waals surface area contributed by atoms with Crippen LogP contribution in [0.5, 0.6) is 0 Å². The lowest BCUT2D eigenvalue weighted by atomic mass is 9.70. The van der Waals surface area contributed by atoms with Gasteiger partial charge in [-0.2, -0.15) is 0 Å². The summed E-state index contributed by atoms with van der Waals surface area (Å²) in [4.78, 5) is 2.51. The minimum atomic E-state index is -0.473. The molecule has 0 aliphatic heterocycles. The molecule has 0 saturated heterocycles. The van der Waals surface area contributed by atoms with Crippen LogP contribution < -0.4 is 4.90 Å². The molecule has 0 unspecified atom stereocenters. The fourth-order valence-corrected chi connectivity index (χ4v) is 9.42. The normalized spacial score (nSPS) is 13.0. The van der Waals surface area contributed by atoms with Gasteiger partial charge in [-0.1, -0.05) is 188 Å². The Hall–Kier alpha value is -6.96. The third-order valence-corrected chi connectivity index (χ3v) is 11.7. The maximum absolute atomic E-state index is 2.51. The zero-order valence-corrected chi connectivity index (χ0v) is 29.7. The lowest BCUT2D eigenvalue weighted by Crippen LogP contribution is -2.28. The van der Waals surface area contributed by atoms with Gasteiger partial charge in [-0.05, 0) is 90.8 Å². The van der Waals surface area contributed by atoms with Crippen molar-refractivity contribution in [1.29, 1.82) is 0 Å². The van der Waals surface area contributed by atoms with Crippen LogP contribution in [0.1, 0.15) is 22.3 Å². The number of benzene rings is 9. The summed E-state index contributed by atoms with van der Waals surface area (Å²) in [6.07, 6.45) is 0. The Morgan fingerprint density at radius 3 is 1.35 bits per heavy atom. The van der Waals surface area contributed by atoms with Crippen LogP contribution in [0.25, 0.3) is 55.3 Å². The summed E-state index contributed by atoms with van der Waals surface area (Å²) in [7, 11) is 0. The van der Waals surface area contributed by atoms with Crippen molar-refractivity contribution in [2.75, 3.05) is 4.90 Å². The van der Waals surface area contributed by atoms with Crippen molar-refractivity contribution in [2.24, 2.45) is 0 Å². The lowest BCUT2D eigenvalue weighted by molar-refractivity contribution is 0.793. The van der Waals surface area contributed by atoms with E-state index in [0.717, 1.165) is 11.4 Å². The van der Waals surface area contributed by atoms with Gasteiger partial charge in [-0.25, -0.2) is 0 Å². The summed E-state index contributed by atoms with van der Waals surface area (Å²) < 4.78 is 0. The van der Waals surface area contributed by atoms with Crippen molar-refractivity contribution in [3.63, 3.8) is 0 Å². The van der Waals surface area contributed by atoms with Gasteiger partial charge in [-0.15, -0.1) is 0 Å². The Morgan fingerprint density at radius 2 is 0.722 bits per heavy atom. The van der Waals surface area contributed by atoms with Crippen LogP contribution in [0.2, 0.25) is 0 Å². The van der Waals surface area contributed by atoms with Crippen molar-refractivity contribution < 1.29 is 0 Å². The average molecular weight is 686 g/mol. The van der Waals surface area contributed by atoms with Crippen LogP contribution in [0.15, 0.2) is 212 Å². The first-order valence-corrected chi connectivity index (χ1v) is 18.8. The molecule has 54 heavy (non-hydrogen) atoms. The average Bonchev–Trinajstić information content (AvgIpc) is 3.72. The van der Waals surface area contributed by atoms with Gasteiger partial charge in [0.05, 0.1) is 16.8 Å². The molecule has 1 nitrogen and oxygen atoms in total. The zero-order chi connectivity index (χ0) is 35.6. The number of hydrogen-bond acceptors (Lipinski definition) is 1. The molecule has 252 valence electrons. The SMILES string of the molecule is c1ccc(-c2ccc(-c3ccc(N(c4cccc5c4C4(c6ccccc6-c6ccccc64)c4ccccc4-5)c4cccc5ccccc45)cc3)cc2)cc1. The molecule has 0 amide bonds. The van der Waals surface area contributed by atoms with Gasteiger partial charge >= 0.3 is 0 Å². The van der Waals surface area contributed by atoms with Crippen LogP contribution in [0.4, 0.5) is 17.1 Å². The molecule has 1 heteroatoms. The first-order chi connectivity index (χ1) is 26.8. The molecule has 0 aromatic heterocycles. The third kappa shape index (κ3) is 4.39. The number of nitrogens with zero attached hydrogens (tertiary/aromatic N) is 1. The Morgan fingerprint density at radius 1 is 0.296 bits per heavy atom. The fraction of sp³-hybridized carbons (Fsp3) is 0.0189. The Kier molecular flexibility index (Phi) is 6.84. The monoisotopic (exact) mass is 685 g/mol. The second kappa shape index (κ2) is 12.0. The first kappa shape index (κ1) is 30.6. The van der Waals surface area contributed by atoms with E-state index >= 15 is 0 Å². The summed E-state index contributed by atoms with van der Waals surface area (Å²) in [5.41, 5.74) is 18.4. The van der Waals surface area contributed by atoms with Gasteiger partial charge in [-0.3, -0.25) is 0 Å². The quantitative estimate of drug-likeness (QED) is 0.174. The van der Waals surface area contributed by atoms with E-state index < -0.39 is 5.41 Å². The summed E-state index contributed by atoms with van der Waals surface area (Å²) in [5.74, 6) is 0. The number of fused-ring (bicyclic) bond motifs is 11. The van der Waals surface area contributed by atoms with E-state index in [2.05, 4.69) is 217 Å². The summed E-state index contributed by atoms with van der Waals surface area (Å²) in [6, 6.07) is 78.2. The molecule has 0 bridgehead atoms. The molecule has 0 heterocycles. The van der Waals surface area contributed by atoms with Gasteiger partial charge in [0.15, 0.2) is 0 Å². The van der Waals surface area contributed by atoms with E-state index in [-0.39, 0.29) is 0 Å². The largest absolute Gasteiger partial charge is 0.310 e. The van der Waals surface area contributed by atoms with Gasteiger partial charge in [0.1, 0.15) is 0 Å². The zero-order valence-electron chi connectivity index (χ0n) is 29.7. The van der Waals surface area contributed by atoms with Crippen LogP contribution in [0.3, 0.4) is 0 Å². The summed E-state index contributed by atoms with van der Waals surface area (Å²) >= 11 is 0. The Balaban J connectivity index is 1.15. The topological polar surface area (TPSA) is 3.24 Å². The smallest absolute Gasteiger partial charge is 0.0746 e. The predicted octanol–water partition coefficient (Wildman–Crippen LogP) is 14.0. The van der Waals surface area contributed by atoms with Crippen LogP contribution in [-0.2, 0) is 5.41 Å². The lowest BCUT2D eigenvalue weighted by Gasteiger charge is -2.36. The van der Waals surface area contributed by atoms with E-state index in [1.54, 1.807) is 0 Å². The highest BCUT2D eigenvalue weighted by Gasteiger charge is 2.53. The summed E-state index contributed by atoms with van der Waals surface area (Å²) in [5, 5.41) is 2.44. The molecular formula is C53H35N. The van der Waals surface area contributed by atoms with E-state index in [1.165, 1.54) is 83.2 Å². The highest BCUT2D eigenvalue weighted by molar-refractivity contribution is 6.03. The highest BCUT2D eigenvalue weighted by Crippen LogP contribution is 2.65. The Labute approximate surface area is 316 Å².